The number of carbonyl (C=O) groups is 2. The number of hydrogen-bond donors (Lipinski definition) is 1. The van der Waals surface area contributed by atoms with Crippen molar-refractivity contribution in [2.75, 3.05) is 19.6 Å². The summed E-state index contributed by atoms with van der Waals surface area (Å²) < 4.78 is 0. The van der Waals surface area contributed by atoms with Gasteiger partial charge in [-0.1, -0.05) is 29.3 Å². The van der Waals surface area contributed by atoms with Crippen LogP contribution in [0.25, 0.3) is 6.08 Å². The first-order valence-electron chi connectivity index (χ1n) is 5.75. The lowest BCUT2D eigenvalue weighted by atomic mass is 10.2. The molecule has 1 fully saturated rings. The minimum Gasteiger partial charge on any atom is -0.353 e. The van der Waals surface area contributed by atoms with Gasteiger partial charge in [0.15, 0.2) is 0 Å². The summed E-state index contributed by atoms with van der Waals surface area (Å²) in [6.07, 6.45) is 2.95. The van der Waals surface area contributed by atoms with Gasteiger partial charge in [0.1, 0.15) is 0 Å². The molecular formula is C13H12Cl2N2O2. The van der Waals surface area contributed by atoms with Crippen LogP contribution in [-0.4, -0.2) is 36.3 Å². The zero-order valence-electron chi connectivity index (χ0n) is 10.0. The fourth-order valence-electron chi connectivity index (χ4n) is 1.76. The maximum absolute atomic E-state index is 11.9. The molecule has 0 aromatic heterocycles. The first-order valence-corrected chi connectivity index (χ1v) is 6.51. The van der Waals surface area contributed by atoms with E-state index in [9.17, 15) is 9.59 Å². The van der Waals surface area contributed by atoms with Crippen molar-refractivity contribution >= 4 is 41.1 Å². The summed E-state index contributed by atoms with van der Waals surface area (Å²) in [6.45, 7) is 1.07. The Morgan fingerprint density at radius 1 is 1.32 bits per heavy atom. The van der Waals surface area contributed by atoms with Crippen molar-refractivity contribution in [1.82, 2.24) is 10.2 Å². The fourth-order valence-corrected chi connectivity index (χ4v) is 2.28. The van der Waals surface area contributed by atoms with Crippen LogP contribution in [0, 0.1) is 0 Å². The summed E-state index contributed by atoms with van der Waals surface area (Å²) in [5.74, 6) is -0.380. The van der Waals surface area contributed by atoms with Crippen molar-refractivity contribution in [2.24, 2.45) is 0 Å². The Morgan fingerprint density at radius 3 is 2.63 bits per heavy atom. The zero-order valence-corrected chi connectivity index (χ0v) is 11.5. The number of halogens is 2. The molecule has 1 aromatic carbocycles. The van der Waals surface area contributed by atoms with Crippen LogP contribution >= 0.6 is 23.2 Å². The Bertz CT molecular complexity index is 523. The van der Waals surface area contributed by atoms with Gasteiger partial charge in [0.05, 0.1) is 6.54 Å². The first kappa shape index (κ1) is 13.9. The number of nitrogens with one attached hydrogen (secondary N) is 1. The molecule has 1 aliphatic rings. The first-order chi connectivity index (χ1) is 9.08. The average Bonchev–Trinajstić information content (AvgIpc) is 2.38. The minimum absolute atomic E-state index is 0.0828. The average molecular weight is 299 g/mol. The van der Waals surface area contributed by atoms with Gasteiger partial charge in [-0.2, -0.15) is 0 Å². The highest BCUT2D eigenvalue weighted by Gasteiger charge is 2.19. The van der Waals surface area contributed by atoms with Crippen molar-refractivity contribution in [3.8, 4) is 0 Å². The van der Waals surface area contributed by atoms with E-state index in [2.05, 4.69) is 5.32 Å². The van der Waals surface area contributed by atoms with Crippen molar-refractivity contribution in [2.45, 2.75) is 0 Å². The Kier molecular flexibility index (Phi) is 4.45. The highest BCUT2D eigenvalue weighted by atomic mass is 35.5. The minimum atomic E-state index is -0.231. The molecule has 1 saturated heterocycles. The van der Waals surface area contributed by atoms with E-state index in [4.69, 9.17) is 23.2 Å². The summed E-state index contributed by atoms with van der Waals surface area (Å²) in [5.41, 5.74) is 0.598. The summed E-state index contributed by atoms with van der Waals surface area (Å²) in [7, 11) is 0. The number of benzene rings is 1. The van der Waals surface area contributed by atoms with Gasteiger partial charge in [-0.05, 0) is 18.2 Å². The molecule has 0 radical (unpaired) electrons. The van der Waals surface area contributed by atoms with Crippen LogP contribution in [0.5, 0.6) is 0 Å². The highest BCUT2D eigenvalue weighted by molar-refractivity contribution is 6.37. The van der Waals surface area contributed by atoms with Crippen LogP contribution in [-0.2, 0) is 9.59 Å². The van der Waals surface area contributed by atoms with Gasteiger partial charge in [-0.25, -0.2) is 0 Å². The summed E-state index contributed by atoms with van der Waals surface area (Å²) in [5, 5.41) is 3.62. The normalized spacial score (nSPS) is 15.7. The van der Waals surface area contributed by atoms with E-state index in [0.717, 1.165) is 0 Å². The molecule has 6 heteroatoms. The lowest BCUT2D eigenvalue weighted by Crippen LogP contribution is -2.49. The van der Waals surface area contributed by atoms with E-state index >= 15 is 0 Å². The van der Waals surface area contributed by atoms with E-state index < -0.39 is 0 Å². The molecule has 100 valence electrons. The number of nitrogens with zero attached hydrogens (tertiary/aromatic N) is 1. The second-order valence-electron chi connectivity index (χ2n) is 4.08. The van der Waals surface area contributed by atoms with Crippen LogP contribution in [0.3, 0.4) is 0 Å². The van der Waals surface area contributed by atoms with Gasteiger partial charge in [0, 0.05) is 34.8 Å². The van der Waals surface area contributed by atoms with Gasteiger partial charge in [0.2, 0.25) is 11.8 Å². The molecular weight excluding hydrogens is 287 g/mol. The Hall–Kier alpha value is -1.52. The quantitative estimate of drug-likeness (QED) is 0.849. The molecule has 2 amide bonds. The Labute approximate surface area is 121 Å². The van der Waals surface area contributed by atoms with Crippen molar-refractivity contribution in [3.63, 3.8) is 0 Å². The second-order valence-corrected chi connectivity index (χ2v) is 4.89. The van der Waals surface area contributed by atoms with Crippen molar-refractivity contribution < 1.29 is 9.59 Å². The molecule has 1 aliphatic heterocycles. The lowest BCUT2D eigenvalue weighted by Gasteiger charge is -2.25. The molecule has 1 aromatic rings. The molecule has 1 N–H and O–H groups in total. The standard InChI is InChI=1S/C13H12Cl2N2O2/c14-10-2-1-3-11(15)9(10)4-5-13(19)17-7-6-16-12(18)8-17/h1-5H,6-8H2,(H,16,18)/b5-4+. The third kappa shape index (κ3) is 3.49. The Morgan fingerprint density at radius 2 is 2.00 bits per heavy atom. The van der Waals surface area contributed by atoms with Crippen LogP contribution < -0.4 is 5.32 Å². The van der Waals surface area contributed by atoms with Crippen LogP contribution in [0.1, 0.15) is 5.56 Å². The molecule has 0 bridgehead atoms. The van der Waals surface area contributed by atoms with Crippen molar-refractivity contribution in [1.29, 1.82) is 0 Å². The summed E-state index contributed by atoms with van der Waals surface area (Å²) in [6, 6.07) is 5.14. The van der Waals surface area contributed by atoms with E-state index in [1.165, 1.54) is 11.0 Å². The number of hydrogen-bond acceptors (Lipinski definition) is 2. The summed E-state index contributed by atoms with van der Waals surface area (Å²) >= 11 is 12.0. The molecule has 0 unspecified atom stereocenters. The summed E-state index contributed by atoms with van der Waals surface area (Å²) in [4.78, 5) is 24.6. The molecule has 4 nitrogen and oxygen atoms in total. The van der Waals surface area contributed by atoms with Gasteiger partial charge in [0.25, 0.3) is 0 Å². The molecule has 19 heavy (non-hydrogen) atoms. The van der Waals surface area contributed by atoms with Gasteiger partial charge < -0.3 is 10.2 Å². The number of carbonyl (C=O) groups excluding carboxylic acids is 2. The third-order valence-electron chi connectivity index (χ3n) is 2.74. The van der Waals surface area contributed by atoms with Gasteiger partial charge in [-0.3, -0.25) is 9.59 Å². The maximum Gasteiger partial charge on any atom is 0.247 e. The highest BCUT2D eigenvalue weighted by Crippen LogP contribution is 2.25. The van der Waals surface area contributed by atoms with E-state index in [1.54, 1.807) is 24.3 Å². The fraction of sp³-hybridized carbons (Fsp3) is 0.231. The SMILES string of the molecule is O=C1CN(C(=O)/C=C/c2c(Cl)cccc2Cl)CCN1. The maximum atomic E-state index is 11.9. The molecule has 2 rings (SSSR count). The molecule has 0 spiro atoms. The number of amides is 2. The van der Waals surface area contributed by atoms with Crippen LogP contribution in [0.4, 0.5) is 0 Å². The monoisotopic (exact) mass is 298 g/mol. The Balaban J connectivity index is 2.10. The molecule has 0 aliphatic carbocycles. The van der Waals surface area contributed by atoms with Crippen molar-refractivity contribution in [3.05, 3.63) is 39.9 Å². The smallest absolute Gasteiger partial charge is 0.247 e. The molecule has 0 atom stereocenters. The number of piperazine rings is 1. The lowest BCUT2D eigenvalue weighted by molar-refractivity contribution is -0.134. The van der Waals surface area contributed by atoms with Gasteiger partial charge >= 0.3 is 0 Å². The van der Waals surface area contributed by atoms with E-state index in [1.807, 2.05) is 0 Å². The van der Waals surface area contributed by atoms with E-state index in [-0.39, 0.29) is 18.4 Å². The zero-order chi connectivity index (χ0) is 13.8. The van der Waals surface area contributed by atoms with E-state index in [0.29, 0.717) is 28.7 Å². The van der Waals surface area contributed by atoms with Crippen LogP contribution in [0.2, 0.25) is 10.0 Å². The van der Waals surface area contributed by atoms with Crippen LogP contribution in [0.15, 0.2) is 24.3 Å². The predicted molar refractivity (Wildman–Crippen MR) is 75.1 cm³/mol. The molecule has 1 heterocycles. The number of rotatable bonds is 2. The second kappa shape index (κ2) is 6.08. The predicted octanol–water partition coefficient (Wildman–Crippen LogP) is 1.97. The third-order valence-corrected chi connectivity index (χ3v) is 3.40. The largest absolute Gasteiger partial charge is 0.353 e. The van der Waals surface area contributed by atoms with Gasteiger partial charge in [-0.15, -0.1) is 0 Å². The topological polar surface area (TPSA) is 49.4 Å². The molecule has 0 saturated carbocycles.